The monoisotopic (exact) mass is 521 g/mol. The lowest BCUT2D eigenvalue weighted by Crippen LogP contribution is -2.52. The second-order valence-corrected chi connectivity index (χ2v) is 10.1. The molecule has 2 N–H and O–H groups in total. The lowest BCUT2D eigenvalue weighted by Gasteiger charge is -2.45. The Labute approximate surface area is 221 Å². The van der Waals surface area contributed by atoms with Gasteiger partial charge in [0, 0.05) is 35.8 Å². The Hall–Kier alpha value is -3.65. The first-order valence-corrected chi connectivity index (χ1v) is 12.9. The first-order chi connectivity index (χ1) is 18.4. The molecule has 1 heterocycles. The van der Waals surface area contributed by atoms with Gasteiger partial charge in [0.05, 0.1) is 14.2 Å². The van der Waals surface area contributed by atoms with Crippen LogP contribution < -0.4 is 20.1 Å². The third-order valence-electron chi connectivity index (χ3n) is 8.07. The first-order valence-electron chi connectivity index (χ1n) is 12.9. The summed E-state index contributed by atoms with van der Waals surface area (Å²) < 4.78 is 38.0. The molecule has 3 aromatic carbocycles. The van der Waals surface area contributed by atoms with Crippen molar-refractivity contribution < 1.29 is 23.0 Å². The van der Waals surface area contributed by atoms with E-state index in [2.05, 4.69) is 51.9 Å². The number of carbonyl (C=O) groups is 1. The number of benzene rings is 3. The second-order valence-electron chi connectivity index (χ2n) is 10.1. The van der Waals surface area contributed by atoms with Gasteiger partial charge < -0.3 is 20.1 Å². The summed E-state index contributed by atoms with van der Waals surface area (Å²) in [6.07, 6.45) is 3.48. The molecule has 1 saturated heterocycles. The number of likely N-dealkylation sites (tertiary alicyclic amines) is 1. The van der Waals surface area contributed by atoms with Gasteiger partial charge in [-0.3, -0.25) is 4.90 Å². The van der Waals surface area contributed by atoms with E-state index in [4.69, 9.17) is 9.47 Å². The lowest BCUT2D eigenvalue weighted by molar-refractivity contribution is 0.131. The van der Waals surface area contributed by atoms with E-state index in [-0.39, 0.29) is 23.2 Å². The van der Waals surface area contributed by atoms with Crippen LogP contribution in [0.15, 0.2) is 66.7 Å². The molecule has 1 aliphatic carbocycles. The maximum absolute atomic E-state index is 13.6. The molecule has 38 heavy (non-hydrogen) atoms. The fourth-order valence-electron chi connectivity index (χ4n) is 6.19. The molecule has 2 amide bonds. The average Bonchev–Trinajstić information content (AvgIpc) is 3.29. The summed E-state index contributed by atoms with van der Waals surface area (Å²) >= 11 is 0. The standard InChI is InChI=1S/C30H33F2N3O3/c1-37-26-11-8-21(16-27(26)38-2)30-13-12-23(34-29(36)33-22-9-10-24(31)25(32)17-22)18-28(30)35(15-14-30)19-20-6-4-3-5-7-20/h3-11,16-17,23,28H,12-15,18-19H2,1-2H3,(H2,33,34,36). The number of hydrogen-bond donors (Lipinski definition) is 2. The van der Waals surface area contributed by atoms with Crippen LogP contribution in [-0.4, -0.2) is 43.8 Å². The smallest absolute Gasteiger partial charge is 0.319 e. The van der Waals surface area contributed by atoms with Crippen molar-refractivity contribution in [3.63, 3.8) is 0 Å². The van der Waals surface area contributed by atoms with Crippen molar-refractivity contribution in [2.45, 2.75) is 49.7 Å². The summed E-state index contributed by atoms with van der Waals surface area (Å²) in [7, 11) is 3.29. The summed E-state index contributed by atoms with van der Waals surface area (Å²) in [6.45, 7) is 1.77. The molecule has 3 unspecified atom stereocenters. The minimum atomic E-state index is -0.998. The zero-order valence-electron chi connectivity index (χ0n) is 21.7. The summed E-state index contributed by atoms with van der Waals surface area (Å²) in [4.78, 5) is 15.3. The molecule has 2 aliphatic rings. The Balaban J connectivity index is 1.37. The fraction of sp³-hybridized carbons (Fsp3) is 0.367. The minimum absolute atomic E-state index is 0.0602. The lowest BCUT2D eigenvalue weighted by atomic mass is 9.65. The number of methoxy groups -OCH3 is 2. The minimum Gasteiger partial charge on any atom is -0.493 e. The topological polar surface area (TPSA) is 62.8 Å². The number of ether oxygens (including phenoxy) is 2. The predicted octanol–water partition coefficient (Wildman–Crippen LogP) is 5.87. The highest BCUT2D eigenvalue weighted by Gasteiger charge is 2.51. The molecule has 3 aromatic rings. The van der Waals surface area contributed by atoms with Crippen LogP contribution in [-0.2, 0) is 12.0 Å². The van der Waals surface area contributed by atoms with Crippen LogP contribution in [0.5, 0.6) is 11.5 Å². The molecule has 6 nitrogen and oxygen atoms in total. The van der Waals surface area contributed by atoms with Crippen molar-refractivity contribution in [3.8, 4) is 11.5 Å². The summed E-state index contributed by atoms with van der Waals surface area (Å²) in [5, 5.41) is 5.71. The number of nitrogens with one attached hydrogen (secondary N) is 2. The Bertz CT molecular complexity index is 1290. The maximum Gasteiger partial charge on any atom is 0.319 e. The summed E-state index contributed by atoms with van der Waals surface area (Å²) in [6, 6.07) is 19.7. The van der Waals surface area contributed by atoms with Gasteiger partial charge >= 0.3 is 6.03 Å². The van der Waals surface area contributed by atoms with Crippen molar-refractivity contribution in [2.24, 2.45) is 0 Å². The van der Waals surface area contributed by atoms with Crippen molar-refractivity contribution in [3.05, 3.63) is 89.5 Å². The van der Waals surface area contributed by atoms with E-state index in [1.165, 1.54) is 17.2 Å². The van der Waals surface area contributed by atoms with Crippen molar-refractivity contribution in [1.29, 1.82) is 0 Å². The first kappa shape index (κ1) is 26.0. The Morgan fingerprint density at radius 3 is 2.50 bits per heavy atom. The number of urea groups is 1. The van der Waals surface area contributed by atoms with Gasteiger partial charge in [0.2, 0.25) is 0 Å². The number of halogens is 2. The number of carbonyl (C=O) groups excluding carboxylic acids is 1. The Morgan fingerprint density at radius 2 is 1.76 bits per heavy atom. The SMILES string of the molecule is COc1ccc(C23CCC(NC(=O)Nc4ccc(F)c(F)c4)CC2N(Cc2ccccc2)CC3)cc1OC. The Morgan fingerprint density at radius 1 is 0.974 bits per heavy atom. The molecule has 0 radical (unpaired) electrons. The van der Waals surface area contributed by atoms with E-state index in [1.807, 2.05) is 12.1 Å². The molecule has 0 spiro atoms. The van der Waals surface area contributed by atoms with Gasteiger partial charge in [0.15, 0.2) is 23.1 Å². The van der Waals surface area contributed by atoms with Gasteiger partial charge in [-0.15, -0.1) is 0 Å². The molecule has 5 rings (SSSR count). The quantitative estimate of drug-likeness (QED) is 0.408. The predicted molar refractivity (Wildman–Crippen MR) is 143 cm³/mol. The van der Waals surface area contributed by atoms with Crippen molar-refractivity contribution >= 4 is 11.7 Å². The second kappa shape index (κ2) is 11.0. The van der Waals surface area contributed by atoms with Crippen LogP contribution in [0.1, 0.15) is 36.8 Å². The van der Waals surface area contributed by atoms with E-state index in [9.17, 15) is 13.6 Å². The maximum atomic E-state index is 13.6. The van der Waals surface area contributed by atoms with Crippen LogP contribution in [0.25, 0.3) is 0 Å². The van der Waals surface area contributed by atoms with Crippen LogP contribution in [0, 0.1) is 11.6 Å². The van der Waals surface area contributed by atoms with E-state index >= 15 is 0 Å². The number of anilines is 1. The molecule has 200 valence electrons. The summed E-state index contributed by atoms with van der Waals surface area (Å²) in [5.74, 6) is -0.532. The number of rotatable bonds is 7. The van der Waals surface area contributed by atoms with Crippen LogP contribution in [0.3, 0.4) is 0 Å². The molecule has 0 aromatic heterocycles. The van der Waals surface area contributed by atoms with Crippen molar-refractivity contribution in [1.82, 2.24) is 10.2 Å². The number of amides is 2. The van der Waals surface area contributed by atoms with Gasteiger partial charge in [0.1, 0.15) is 0 Å². The highest BCUT2D eigenvalue weighted by Crippen LogP contribution is 2.50. The highest BCUT2D eigenvalue weighted by atomic mass is 19.2. The third kappa shape index (κ3) is 5.18. The van der Waals surface area contributed by atoms with Gasteiger partial charge in [-0.1, -0.05) is 36.4 Å². The van der Waals surface area contributed by atoms with Crippen LogP contribution in [0.4, 0.5) is 19.3 Å². The molecule has 1 saturated carbocycles. The van der Waals surface area contributed by atoms with Crippen LogP contribution in [0.2, 0.25) is 0 Å². The third-order valence-corrected chi connectivity index (χ3v) is 8.07. The molecular weight excluding hydrogens is 488 g/mol. The normalized spacial score (nSPS) is 22.9. The van der Waals surface area contributed by atoms with E-state index in [0.29, 0.717) is 11.5 Å². The van der Waals surface area contributed by atoms with E-state index in [0.717, 1.165) is 50.9 Å². The Kier molecular flexibility index (Phi) is 7.51. The number of fused-ring (bicyclic) bond motifs is 1. The van der Waals surface area contributed by atoms with E-state index in [1.54, 1.807) is 14.2 Å². The largest absolute Gasteiger partial charge is 0.493 e. The summed E-state index contributed by atoms with van der Waals surface area (Å²) in [5.41, 5.74) is 2.61. The zero-order chi connectivity index (χ0) is 26.7. The molecule has 1 aliphatic heterocycles. The molecule has 2 fully saturated rings. The molecular formula is C30H33F2N3O3. The zero-order valence-corrected chi connectivity index (χ0v) is 21.7. The van der Waals surface area contributed by atoms with Crippen molar-refractivity contribution in [2.75, 3.05) is 26.1 Å². The molecule has 0 bridgehead atoms. The molecule has 3 atom stereocenters. The van der Waals surface area contributed by atoms with Gasteiger partial charge in [-0.05, 0) is 67.6 Å². The van der Waals surface area contributed by atoms with Gasteiger partial charge in [0.25, 0.3) is 0 Å². The average molecular weight is 522 g/mol. The van der Waals surface area contributed by atoms with Gasteiger partial charge in [-0.25, -0.2) is 13.6 Å². The fourth-order valence-corrected chi connectivity index (χ4v) is 6.19. The van der Waals surface area contributed by atoms with Crippen LogP contribution >= 0.6 is 0 Å². The molecule has 8 heteroatoms. The highest BCUT2D eigenvalue weighted by molar-refractivity contribution is 5.89. The van der Waals surface area contributed by atoms with Gasteiger partial charge in [-0.2, -0.15) is 0 Å². The number of hydrogen-bond acceptors (Lipinski definition) is 4. The van der Waals surface area contributed by atoms with E-state index < -0.39 is 17.7 Å². The number of nitrogens with zero attached hydrogens (tertiary/aromatic N) is 1.